The zero-order valence-electron chi connectivity index (χ0n) is 12.9. The van der Waals surface area contributed by atoms with E-state index in [2.05, 4.69) is 58.2 Å². The van der Waals surface area contributed by atoms with Gasteiger partial charge in [-0.05, 0) is 40.0 Å². The summed E-state index contributed by atoms with van der Waals surface area (Å²) in [6.45, 7) is 14.2. The molecular formula is C15H29N3. The van der Waals surface area contributed by atoms with E-state index in [1.165, 1.54) is 24.8 Å². The van der Waals surface area contributed by atoms with Gasteiger partial charge in [0.1, 0.15) is 0 Å². The van der Waals surface area contributed by atoms with Gasteiger partial charge in [0.25, 0.3) is 0 Å². The quantitative estimate of drug-likeness (QED) is 0.835. The molecule has 0 radical (unpaired) electrons. The minimum Gasteiger partial charge on any atom is -0.307 e. The summed E-state index contributed by atoms with van der Waals surface area (Å²) in [6, 6.07) is 0. The summed E-state index contributed by atoms with van der Waals surface area (Å²) in [7, 11) is 0. The Labute approximate surface area is 112 Å². The van der Waals surface area contributed by atoms with Crippen LogP contribution in [0.5, 0.6) is 0 Å². The highest BCUT2D eigenvalue weighted by Gasteiger charge is 2.23. The molecule has 0 spiro atoms. The maximum atomic E-state index is 4.44. The fraction of sp³-hybridized carbons (Fsp3) is 0.800. The Bertz CT molecular complexity index is 348. The van der Waals surface area contributed by atoms with Gasteiger partial charge in [0, 0.05) is 23.8 Å². The van der Waals surface area contributed by atoms with Crippen LogP contribution in [0.25, 0.3) is 0 Å². The van der Waals surface area contributed by atoms with Crippen molar-refractivity contribution in [3.05, 3.63) is 18.0 Å². The Hall–Kier alpha value is -0.830. The summed E-state index contributed by atoms with van der Waals surface area (Å²) in [5.74, 6) is 0. The molecule has 0 saturated heterocycles. The fourth-order valence-electron chi connectivity index (χ4n) is 2.23. The summed E-state index contributed by atoms with van der Waals surface area (Å²) in [6.07, 6.45) is 7.65. The summed E-state index contributed by atoms with van der Waals surface area (Å²) in [5, 5.41) is 8.15. The molecule has 0 aliphatic heterocycles. The fourth-order valence-corrected chi connectivity index (χ4v) is 2.23. The van der Waals surface area contributed by atoms with Crippen molar-refractivity contribution in [2.75, 3.05) is 0 Å². The second kappa shape index (κ2) is 5.87. The monoisotopic (exact) mass is 251 g/mol. The molecule has 1 heterocycles. The molecule has 3 heteroatoms. The van der Waals surface area contributed by atoms with Gasteiger partial charge in [-0.1, -0.05) is 20.8 Å². The second-order valence-corrected chi connectivity index (χ2v) is 6.16. The lowest BCUT2D eigenvalue weighted by molar-refractivity contribution is 0.288. The summed E-state index contributed by atoms with van der Waals surface area (Å²) >= 11 is 0. The van der Waals surface area contributed by atoms with E-state index in [-0.39, 0.29) is 11.1 Å². The highest BCUT2D eigenvalue weighted by molar-refractivity contribution is 5.06. The first-order valence-electron chi connectivity index (χ1n) is 7.16. The molecule has 0 saturated carbocycles. The normalized spacial score (nSPS) is 13.0. The average molecular weight is 251 g/mol. The van der Waals surface area contributed by atoms with Gasteiger partial charge in [-0.2, -0.15) is 5.10 Å². The molecule has 0 bridgehead atoms. The second-order valence-electron chi connectivity index (χ2n) is 6.16. The Morgan fingerprint density at radius 1 is 1.11 bits per heavy atom. The van der Waals surface area contributed by atoms with Crippen molar-refractivity contribution in [3.8, 4) is 0 Å². The maximum Gasteiger partial charge on any atom is 0.0543 e. The third-order valence-corrected chi connectivity index (χ3v) is 4.02. The van der Waals surface area contributed by atoms with Crippen molar-refractivity contribution < 1.29 is 0 Å². The molecule has 18 heavy (non-hydrogen) atoms. The van der Waals surface area contributed by atoms with Crippen LogP contribution in [0.1, 0.15) is 66.4 Å². The topological polar surface area (TPSA) is 29.9 Å². The predicted molar refractivity (Wildman–Crippen MR) is 77.7 cm³/mol. The van der Waals surface area contributed by atoms with Crippen molar-refractivity contribution in [2.24, 2.45) is 0 Å². The molecule has 1 rings (SSSR count). The molecule has 0 aliphatic rings. The number of nitrogens with one attached hydrogen (secondary N) is 1. The third kappa shape index (κ3) is 3.58. The van der Waals surface area contributed by atoms with Crippen LogP contribution in [-0.4, -0.2) is 15.3 Å². The third-order valence-electron chi connectivity index (χ3n) is 4.02. The predicted octanol–water partition coefficient (Wildman–Crippen LogP) is 3.70. The lowest BCUT2D eigenvalue weighted by atomic mass is 9.89. The van der Waals surface area contributed by atoms with Crippen LogP contribution in [-0.2, 0) is 12.1 Å². The van der Waals surface area contributed by atoms with Gasteiger partial charge in [0.2, 0.25) is 0 Å². The average Bonchev–Trinajstić information content (AvgIpc) is 2.80. The van der Waals surface area contributed by atoms with Gasteiger partial charge < -0.3 is 5.32 Å². The summed E-state index contributed by atoms with van der Waals surface area (Å²) < 4.78 is 2.04. The number of aromatic nitrogens is 2. The smallest absolute Gasteiger partial charge is 0.0543 e. The molecule has 1 aromatic heterocycles. The molecule has 0 aromatic carbocycles. The molecule has 1 N–H and O–H groups in total. The minimum absolute atomic E-state index is 0.0651. The van der Waals surface area contributed by atoms with E-state index in [1.807, 2.05) is 10.9 Å². The zero-order chi connectivity index (χ0) is 13.8. The number of rotatable bonds is 6. The Balaban J connectivity index is 2.66. The van der Waals surface area contributed by atoms with E-state index < -0.39 is 0 Å². The van der Waals surface area contributed by atoms with E-state index in [4.69, 9.17) is 0 Å². The van der Waals surface area contributed by atoms with E-state index in [1.54, 1.807) is 0 Å². The van der Waals surface area contributed by atoms with Crippen LogP contribution in [0.2, 0.25) is 0 Å². The van der Waals surface area contributed by atoms with Crippen molar-refractivity contribution in [1.29, 1.82) is 0 Å². The van der Waals surface area contributed by atoms with Crippen LogP contribution in [0, 0.1) is 0 Å². The van der Waals surface area contributed by atoms with Gasteiger partial charge in [-0.25, -0.2) is 0 Å². The lowest BCUT2D eigenvalue weighted by Gasteiger charge is -2.31. The molecule has 0 atom stereocenters. The Morgan fingerprint density at radius 2 is 1.67 bits per heavy atom. The zero-order valence-corrected chi connectivity index (χ0v) is 12.9. The van der Waals surface area contributed by atoms with Crippen molar-refractivity contribution in [2.45, 2.75) is 78.4 Å². The molecule has 0 fully saturated rings. The largest absolute Gasteiger partial charge is 0.307 e. The lowest BCUT2D eigenvalue weighted by Crippen LogP contribution is -2.43. The van der Waals surface area contributed by atoms with Crippen LogP contribution in [0.3, 0.4) is 0 Å². The molecule has 104 valence electrons. The SMILES string of the molecule is CCC(CC)(CC)NCc1cnn(C(C)(C)C)c1. The molecular weight excluding hydrogens is 222 g/mol. The highest BCUT2D eigenvalue weighted by Crippen LogP contribution is 2.20. The number of nitrogens with zero attached hydrogens (tertiary/aromatic N) is 2. The van der Waals surface area contributed by atoms with Gasteiger partial charge >= 0.3 is 0 Å². The standard InChI is InChI=1S/C15H29N3/c1-7-15(8-2,9-3)16-10-13-11-17-18(12-13)14(4,5)6/h11-12,16H,7-10H2,1-6H3. The van der Waals surface area contributed by atoms with Gasteiger partial charge in [0.15, 0.2) is 0 Å². The Kier molecular flexibility index (Phi) is 4.97. The first-order chi connectivity index (χ1) is 8.37. The molecule has 3 nitrogen and oxygen atoms in total. The molecule has 0 aliphatic carbocycles. The highest BCUT2D eigenvalue weighted by atomic mass is 15.3. The van der Waals surface area contributed by atoms with Gasteiger partial charge in [-0.15, -0.1) is 0 Å². The van der Waals surface area contributed by atoms with E-state index in [9.17, 15) is 0 Å². The molecule has 1 aromatic rings. The maximum absolute atomic E-state index is 4.44. The van der Waals surface area contributed by atoms with Crippen LogP contribution in [0.15, 0.2) is 12.4 Å². The van der Waals surface area contributed by atoms with E-state index in [0.29, 0.717) is 0 Å². The van der Waals surface area contributed by atoms with Crippen LogP contribution >= 0.6 is 0 Å². The van der Waals surface area contributed by atoms with Crippen LogP contribution in [0.4, 0.5) is 0 Å². The molecule has 0 unspecified atom stereocenters. The van der Waals surface area contributed by atoms with E-state index in [0.717, 1.165) is 6.54 Å². The minimum atomic E-state index is 0.0651. The Morgan fingerprint density at radius 3 is 2.06 bits per heavy atom. The summed E-state index contributed by atoms with van der Waals surface area (Å²) in [5.41, 5.74) is 1.61. The molecule has 0 amide bonds. The van der Waals surface area contributed by atoms with Gasteiger partial charge in [0.05, 0.1) is 11.7 Å². The van der Waals surface area contributed by atoms with Crippen molar-refractivity contribution in [3.63, 3.8) is 0 Å². The van der Waals surface area contributed by atoms with Crippen LogP contribution < -0.4 is 5.32 Å². The van der Waals surface area contributed by atoms with Crippen molar-refractivity contribution >= 4 is 0 Å². The number of hydrogen-bond donors (Lipinski definition) is 1. The van der Waals surface area contributed by atoms with Gasteiger partial charge in [-0.3, -0.25) is 4.68 Å². The first-order valence-corrected chi connectivity index (χ1v) is 7.16. The van der Waals surface area contributed by atoms with Crippen molar-refractivity contribution in [1.82, 2.24) is 15.1 Å². The first kappa shape index (κ1) is 15.2. The van der Waals surface area contributed by atoms with E-state index >= 15 is 0 Å². The summed E-state index contributed by atoms with van der Waals surface area (Å²) in [4.78, 5) is 0. The number of hydrogen-bond acceptors (Lipinski definition) is 2.